The van der Waals surface area contributed by atoms with Gasteiger partial charge in [0.2, 0.25) is 0 Å². The molecule has 96 valence electrons. The normalized spacial score (nSPS) is 19.9. The van der Waals surface area contributed by atoms with Crippen LogP contribution in [0.1, 0.15) is 58.8 Å². The van der Waals surface area contributed by atoms with Crippen LogP contribution >= 0.6 is 0 Å². The summed E-state index contributed by atoms with van der Waals surface area (Å²) in [6, 6.07) is 0.750. The Morgan fingerprint density at radius 3 is 2.56 bits per heavy atom. The minimum absolute atomic E-state index is 0.750. The molecule has 1 saturated heterocycles. The lowest BCUT2D eigenvalue weighted by Crippen LogP contribution is -2.32. The predicted octanol–water partition coefficient (Wildman–Crippen LogP) is 3.36. The number of nitrogens with one attached hydrogen (secondary N) is 1. The van der Waals surface area contributed by atoms with Crippen LogP contribution in [0, 0.1) is 5.92 Å². The Balaban J connectivity index is 2.19. The van der Waals surface area contributed by atoms with Crippen LogP contribution in [0.25, 0.3) is 0 Å². The highest BCUT2D eigenvalue weighted by atomic mass is 16.5. The van der Waals surface area contributed by atoms with Crippen molar-refractivity contribution in [3.05, 3.63) is 0 Å². The topological polar surface area (TPSA) is 21.3 Å². The Labute approximate surface area is 101 Å². The predicted molar refractivity (Wildman–Crippen MR) is 69.8 cm³/mol. The van der Waals surface area contributed by atoms with Gasteiger partial charge in [-0.1, -0.05) is 33.1 Å². The lowest BCUT2D eigenvalue weighted by atomic mass is 9.90. The second kappa shape index (κ2) is 9.00. The first-order valence-electron chi connectivity index (χ1n) is 7.18. The van der Waals surface area contributed by atoms with Crippen molar-refractivity contribution in [3.63, 3.8) is 0 Å². The van der Waals surface area contributed by atoms with Crippen LogP contribution in [-0.2, 0) is 4.74 Å². The van der Waals surface area contributed by atoms with E-state index in [9.17, 15) is 0 Å². The van der Waals surface area contributed by atoms with Crippen molar-refractivity contribution < 1.29 is 4.74 Å². The molecule has 0 bridgehead atoms. The monoisotopic (exact) mass is 227 g/mol. The van der Waals surface area contributed by atoms with Gasteiger partial charge in [0.05, 0.1) is 0 Å². The molecule has 0 amide bonds. The van der Waals surface area contributed by atoms with E-state index in [-0.39, 0.29) is 0 Å². The smallest absolute Gasteiger partial charge is 0.0468 e. The minimum atomic E-state index is 0.750. The SMILES string of the molecule is CCCCCC(CC1CCOCC1)NCC. The summed E-state index contributed by atoms with van der Waals surface area (Å²) in [6.45, 7) is 7.58. The Kier molecular flexibility index (Phi) is 7.87. The Hall–Kier alpha value is -0.0800. The van der Waals surface area contributed by atoms with Crippen molar-refractivity contribution in [1.82, 2.24) is 5.32 Å². The summed E-state index contributed by atoms with van der Waals surface area (Å²) < 4.78 is 5.42. The molecule has 0 spiro atoms. The third-order valence-corrected chi connectivity index (χ3v) is 3.61. The van der Waals surface area contributed by atoms with E-state index in [4.69, 9.17) is 4.74 Å². The molecule has 1 N–H and O–H groups in total. The van der Waals surface area contributed by atoms with Gasteiger partial charge in [-0.25, -0.2) is 0 Å². The first-order chi connectivity index (χ1) is 7.86. The van der Waals surface area contributed by atoms with E-state index < -0.39 is 0 Å². The zero-order chi connectivity index (χ0) is 11.6. The average molecular weight is 227 g/mol. The molecule has 0 radical (unpaired) electrons. The van der Waals surface area contributed by atoms with E-state index in [0.29, 0.717) is 0 Å². The van der Waals surface area contributed by atoms with Gasteiger partial charge < -0.3 is 10.1 Å². The molecule has 0 aromatic heterocycles. The third kappa shape index (κ3) is 5.86. The van der Waals surface area contributed by atoms with Crippen LogP contribution < -0.4 is 5.32 Å². The Morgan fingerprint density at radius 1 is 1.19 bits per heavy atom. The van der Waals surface area contributed by atoms with Gasteiger partial charge in [0.15, 0.2) is 0 Å². The highest BCUT2D eigenvalue weighted by Crippen LogP contribution is 2.22. The second-order valence-corrected chi connectivity index (χ2v) is 5.04. The van der Waals surface area contributed by atoms with Crippen molar-refractivity contribution >= 4 is 0 Å². The van der Waals surface area contributed by atoms with Crippen molar-refractivity contribution in [1.29, 1.82) is 0 Å². The van der Waals surface area contributed by atoms with Crippen molar-refractivity contribution in [2.24, 2.45) is 5.92 Å². The number of ether oxygens (including phenoxy) is 1. The second-order valence-electron chi connectivity index (χ2n) is 5.04. The molecule has 0 aliphatic carbocycles. The maximum Gasteiger partial charge on any atom is 0.0468 e. The molecular weight excluding hydrogens is 198 g/mol. The van der Waals surface area contributed by atoms with Gasteiger partial charge in [-0.3, -0.25) is 0 Å². The molecule has 1 aliphatic rings. The van der Waals surface area contributed by atoms with Gasteiger partial charge in [0.1, 0.15) is 0 Å². The molecule has 0 saturated carbocycles. The van der Waals surface area contributed by atoms with Crippen LogP contribution in [0.4, 0.5) is 0 Å². The quantitative estimate of drug-likeness (QED) is 0.642. The molecule has 16 heavy (non-hydrogen) atoms. The zero-order valence-corrected chi connectivity index (χ0v) is 11.1. The minimum Gasteiger partial charge on any atom is -0.381 e. The van der Waals surface area contributed by atoms with Crippen molar-refractivity contribution in [3.8, 4) is 0 Å². The number of hydrogen-bond acceptors (Lipinski definition) is 2. The number of unbranched alkanes of at least 4 members (excludes halogenated alkanes) is 2. The Bertz CT molecular complexity index is 155. The fraction of sp³-hybridized carbons (Fsp3) is 1.00. The molecule has 1 rings (SSSR count). The van der Waals surface area contributed by atoms with E-state index in [2.05, 4.69) is 19.2 Å². The highest BCUT2D eigenvalue weighted by Gasteiger charge is 2.18. The maximum absolute atomic E-state index is 5.42. The lowest BCUT2D eigenvalue weighted by molar-refractivity contribution is 0.0602. The summed E-state index contributed by atoms with van der Waals surface area (Å²) in [4.78, 5) is 0. The van der Waals surface area contributed by atoms with E-state index in [1.54, 1.807) is 0 Å². The third-order valence-electron chi connectivity index (χ3n) is 3.61. The van der Waals surface area contributed by atoms with E-state index in [0.717, 1.165) is 31.7 Å². The van der Waals surface area contributed by atoms with Gasteiger partial charge in [-0.15, -0.1) is 0 Å². The van der Waals surface area contributed by atoms with Gasteiger partial charge in [0, 0.05) is 19.3 Å². The van der Waals surface area contributed by atoms with Crippen molar-refractivity contribution in [2.45, 2.75) is 64.8 Å². The summed E-state index contributed by atoms with van der Waals surface area (Å²) in [5.74, 6) is 0.902. The molecule has 1 fully saturated rings. The molecule has 1 atom stereocenters. The highest BCUT2D eigenvalue weighted by molar-refractivity contribution is 4.73. The first-order valence-corrected chi connectivity index (χ1v) is 7.18. The first kappa shape index (κ1) is 14.0. The molecule has 1 aliphatic heterocycles. The van der Waals surface area contributed by atoms with Gasteiger partial charge in [-0.05, 0) is 38.1 Å². The van der Waals surface area contributed by atoms with E-state index >= 15 is 0 Å². The lowest BCUT2D eigenvalue weighted by Gasteiger charge is -2.27. The van der Waals surface area contributed by atoms with E-state index in [1.807, 2.05) is 0 Å². The maximum atomic E-state index is 5.42. The van der Waals surface area contributed by atoms with E-state index in [1.165, 1.54) is 44.9 Å². The summed E-state index contributed by atoms with van der Waals surface area (Å²) in [5.41, 5.74) is 0. The van der Waals surface area contributed by atoms with Gasteiger partial charge in [0.25, 0.3) is 0 Å². The standard InChI is InChI=1S/C14H29NO/c1-3-5-6-7-14(15-4-2)12-13-8-10-16-11-9-13/h13-15H,3-12H2,1-2H3. The van der Waals surface area contributed by atoms with Gasteiger partial charge >= 0.3 is 0 Å². The molecular formula is C14H29NO. The van der Waals surface area contributed by atoms with Crippen LogP contribution in [0.2, 0.25) is 0 Å². The molecule has 2 heteroatoms. The zero-order valence-electron chi connectivity index (χ0n) is 11.1. The molecule has 0 aromatic rings. The fourth-order valence-corrected chi connectivity index (χ4v) is 2.62. The van der Waals surface area contributed by atoms with Crippen molar-refractivity contribution in [2.75, 3.05) is 19.8 Å². The average Bonchev–Trinajstić information content (AvgIpc) is 2.31. The largest absolute Gasteiger partial charge is 0.381 e. The molecule has 1 heterocycles. The molecule has 0 aromatic carbocycles. The van der Waals surface area contributed by atoms with Crippen LogP contribution in [0.15, 0.2) is 0 Å². The number of hydrogen-bond donors (Lipinski definition) is 1. The fourth-order valence-electron chi connectivity index (χ4n) is 2.62. The van der Waals surface area contributed by atoms with Gasteiger partial charge in [-0.2, -0.15) is 0 Å². The summed E-state index contributed by atoms with van der Waals surface area (Å²) in [5, 5.41) is 3.65. The summed E-state index contributed by atoms with van der Waals surface area (Å²) >= 11 is 0. The molecule has 2 nitrogen and oxygen atoms in total. The number of rotatable bonds is 8. The van der Waals surface area contributed by atoms with Crippen LogP contribution in [0.3, 0.4) is 0 Å². The summed E-state index contributed by atoms with van der Waals surface area (Å²) in [7, 11) is 0. The van der Waals surface area contributed by atoms with Crippen LogP contribution in [-0.4, -0.2) is 25.8 Å². The van der Waals surface area contributed by atoms with Crippen LogP contribution in [0.5, 0.6) is 0 Å². The summed E-state index contributed by atoms with van der Waals surface area (Å²) in [6.07, 6.45) is 9.37. The Morgan fingerprint density at radius 2 is 1.94 bits per heavy atom. The molecule has 1 unspecified atom stereocenters.